The molecule has 1 fully saturated rings. The standard InChI is InChI=1S/C8H14F3NO/c9-8(10,11)7(6-13)12-4-2-1-3-5-12/h7,13H,1-6H2. The van der Waals surface area contributed by atoms with E-state index in [4.69, 9.17) is 5.11 Å². The highest BCUT2D eigenvalue weighted by Crippen LogP contribution is 2.26. The first-order chi connectivity index (χ1) is 6.05. The molecule has 0 aliphatic carbocycles. The molecule has 1 aliphatic rings. The van der Waals surface area contributed by atoms with E-state index in [9.17, 15) is 13.2 Å². The van der Waals surface area contributed by atoms with Crippen LogP contribution in [0.25, 0.3) is 0 Å². The third kappa shape index (κ3) is 2.84. The normalized spacial score (nSPS) is 23.1. The van der Waals surface area contributed by atoms with Crippen LogP contribution in [0.4, 0.5) is 13.2 Å². The van der Waals surface area contributed by atoms with Crippen molar-refractivity contribution in [2.24, 2.45) is 0 Å². The van der Waals surface area contributed by atoms with E-state index in [0.717, 1.165) is 19.3 Å². The van der Waals surface area contributed by atoms with E-state index in [0.29, 0.717) is 13.1 Å². The van der Waals surface area contributed by atoms with Crippen molar-refractivity contribution in [3.05, 3.63) is 0 Å². The van der Waals surface area contributed by atoms with Crippen LogP contribution in [-0.4, -0.2) is 41.9 Å². The van der Waals surface area contributed by atoms with E-state index in [2.05, 4.69) is 0 Å². The van der Waals surface area contributed by atoms with Crippen LogP contribution in [0.15, 0.2) is 0 Å². The zero-order valence-corrected chi connectivity index (χ0v) is 7.35. The Balaban J connectivity index is 2.54. The van der Waals surface area contributed by atoms with Crippen molar-refractivity contribution in [3.63, 3.8) is 0 Å². The Labute approximate surface area is 75.3 Å². The van der Waals surface area contributed by atoms with Crippen molar-refractivity contribution in [2.75, 3.05) is 19.7 Å². The molecule has 0 aromatic carbocycles. The number of aliphatic hydroxyl groups excluding tert-OH is 1. The molecule has 1 saturated heterocycles. The fourth-order valence-corrected chi connectivity index (χ4v) is 1.66. The highest BCUT2D eigenvalue weighted by atomic mass is 19.4. The van der Waals surface area contributed by atoms with E-state index >= 15 is 0 Å². The summed E-state index contributed by atoms with van der Waals surface area (Å²) in [4.78, 5) is 1.32. The number of piperidine rings is 1. The third-order valence-corrected chi connectivity index (χ3v) is 2.38. The molecule has 0 spiro atoms. The molecule has 1 N–H and O–H groups in total. The first-order valence-corrected chi connectivity index (χ1v) is 4.47. The van der Waals surface area contributed by atoms with Crippen LogP contribution >= 0.6 is 0 Å². The second kappa shape index (κ2) is 4.28. The monoisotopic (exact) mass is 197 g/mol. The summed E-state index contributed by atoms with van der Waals surface area (Å²) in [7, 11) is 0. The first kappa shape index (κ1) is 10.8. The molecule has 1 unspecified atom stereocenters. The van der Waals surface area contributed by atoms with Crippen LogP contribution in [0.1, 0.15) is 19.3 Å². The Hall–Kier alpha value is -0.290. The van der Waals surface area contributed by atoms with Gasteiger partial charge in [0.1, 0.15) is 6.04 Å². The van der Waals surface area contributed by atoms with Gasteiger partial charge in [0.2, 0.25) is 0 Å². The van der Waals surface area contributed by atoms with Crippen LogP contribution in [0.2, 0.25) is 0 Å². The summed E-state index contributed by atoms with van der Waals surface area (Å²) in [5.74, 6) is 0. The van der Waals surface area contributed by atoms with Crippen LogP contribution in [-0.2, 0) is 0 Å². The Morgan fingerprint density at radius 3 is 2.08 bits per heavy atom. The predicted octanol–water partition coefficient (Wildman–Crippen LogP) is 1.40. The topological polar surface area (TPSA) is 23.5 Å². The van der Waals surface area contributed by atoms with Gasteiger partial charge < -0.3 is 5.11 Å². The molecule has 0 radical (unpaired) electrons. The summed E-state index contributed by atoms with van der Waals surface area (Å²) in [6.07, 6.45) is -1.71. The molecule has 1 aliphatic heterocycles. The van der Waals surface area contributed by atoms with Crippen molar-refractivity contribution in [3.8, 4) is 0 Å². The zero-order chi connectivity index (χ0) is 9.90. The average molecular weight is 197 g/mol. The summed E-state index contributed by atoms with van der Waals surface area (Å²) in [6, 6.07) is -1.66. The van der Waals surface area contributed by atoms with Crippen molar-refractivity contribution >= 4 is 0 Å². The maximum Gasteiger partial charge on any atom is 0.406 e. The molecular formula is C8H14F3NO. The van der Waals surface area contributed by atoms with Crippen LogP contribution < -0.4 is 0 Å². The highest BCUT2D eigenvalue weighted by Gasteiger charge is 2.43. The van der Waals surface area contributed by atoms with Gasteiger partial charge in [-0.2, -0.15) is 13.2 Å². The van der Waals surface area contributed by atoms with Crippen molar-refractivity contribution in [1.82, 2.24) is 4.90 Å². The number of alkyl halides is 3. The lowest BCUT2D eigenvalue weighted by molar-refractivity contribution is -0.194. The number of hydrogen-bond acceptors (Lipinski definition) is 2. The van der Waals surface area contributed by atoms with Gasteiger partial charge in [-0.3, -0.25) is 4.90 Å². The van der Waals surface area contributed by atoms with Crippen LogP contribution in [0, 0.1) is 0 Å². The summed E-state index contributed by atoms with van der Waals surface area (Å²) >= 11 is 0. The number of halogens is 3. The number of hydrogen-bond donors (Lipinski definition) is 1. The number of likely N-dealkylation sites (tertiary alicyclic amines) is 1. The molecule has 5 heteroatoms. The largest absolute Gasteiger partial charge is 0.406 e. The molecule has 13 heavy (non-hydrogen) atoms. The lowest BCUT2D eigenvalue weighted by Crippen LogP contribution is -2.50. The van der Waals surface area contributed by atoms with Gasteiger partial charge in [-0.1, -0.05) is 6.42 Å². The number of nitrogens with zero attached hydrogens (tertiary/aromatic N) is 1. The third-order valence-electron chi connectivity index (χ3n) is 2.38. The van der Waals surface area contributed by atoms with E-state index in [1.807, 2.05) is 0 Å². The smallest absolute Gasteiger partial charge is 0.394 e. The molecule has 0 bridgehead atoms. The minimum atomic E-state index is -4.30. The maximum absolute atomic E-state index is 12.3. The summed E-state index contributed by atoms with van der Waals surface area (Å²) in [5, 5.41) is 8.65. The lowest BCUT2D eigenvalue weighted by atomic mass is 10.1. The Kier molecular flexibility index (Phi) is 3.55. The van der Waals surface area contributed by atoms with Crippen molar-refractivity contribution in [2.45, 2.75) is 31.5 Å². The van der Waals surface area contributed by atoms with Gasteiger partial charge in [0.05, 0.1) is 6.61 Å². The quantitative estimate of drug-likeness (QED) is 0.723. The molecule has 2 nitrogen and oxygen atoms in total. The zero-order valence-electron chi connectivity index (χ0n) is 7.35. The Morgan fingerprint density at radius 2 is 1.69 bits per heavy atom. The van der Waals surface area contributed by atoms with Crippen molar-refractivity contribution < 1.29 is 18.3 Å². The summed E-state index contributed by atoms with van der Waals surface area (Å²) in [5.41, 5.74) is 0. The van der Waals surface area contributed by atoms with Gasteiger partial charge >= 0.3 is 6.18 Å². The van der Waals surface area contributed by atoms with Crippen molar-refractivity contribution in [1.29, 1.82) is 0 Å². The van der Waals surface area contributed by atoms with E-state index in [1.54, 1.807) is 0 Å². The second-order valence-electron chi connectivity index (χ2n) is 3.34. The average Bonchev–Trinajstić information content (AvgIpc) is 2.05. The van der Waals surface area contributed by atoms with Crippen LogP contribution in [0.5, 0.6) is 0 Å². The van der Waals surface area contributed by atoms with E-state index in [1.165, 1.54) is 4.90 Å². The van der Waals surface area contributed by atoms with Gasteiger partial charge in [0, 0.05) is 0 Å². The minimum Gasteiger partial charge on any atom is -0.394 e. The molecule has 0 aromatic rings. The van der Waals surface area contributed by atoms with Gasteiger partial charge in [-0.25, -0.2) is 0 Å². The molecule has 0 amide bonds. The lowest BCUT2D eigenvalue weighted by Gasteiger charge is -2.34. The first-order valence-electron chi connectivity index (χ1n) is 4.47. The summed E-state index contributed by atoms with van der Waals surface area (Å²) in [6.45, 7) is 0.0684. The maximum atomic E-state index is 12.3. The van der Waals surface area contributed by atoms with E-state index < -0.39 is 18.8 Å². The Bertz CT molecular complexity index is 154. The van der Waals surface area contributed by atoms with Crippen LogP contribution in [0.3, 0.4) is 0 Å². The molecule has 1 heterocycles. The summed E-state index contributed by atoms with van der Waals surface area (Å²) < 4.78 is 36.9. The molecule has 1 rings (SSSR count). The number of aliphatic hydroxyl groups is 1. The molecule has 0 aromatic heterocycles. The minimum absolute atomic E-state index is 0.449. The highest BCUT2D eigenvalue weighted by molar-refractivity contribution is 4.80. The molecule has 1 atom stereocenters. The van der Waals surface area contributed by atoms with Gasteiger partial charge in [-0.15, -0.1) is 0 Å². The van der Waals surface area contributed by atoms with Gasteiger partial charge in [-0.05, 0) is 25.9 Å². The second-order valence-corrected chi connectivity index (χ2v) is 3.34. The SMILES string of the molecule is OCC(N1CCCCC1)C(F)(F)F. The molecular weight excluding hydrogens is 183 g/mol. The predicted molar refractivity (Wildman–Crippen MR) is 42.4 cm³/mol. The molecule has 78 valence electrons. The molecule has 0 saturated carbocycles. The Morgan fingerprint density at radius 1 is 1.15 bits per heavy atom. The number of rotatable bonds is 2. The fourth-order valence-electron chi connectivity index (χ4n) is 1.66. The van der Waals surface area contributed by atoms with Gasteiger partial charge in [0.25, 0.3) is 0 Å². The van der Waals surface area contributed by atoms with Gasteiger partial charge in [0.15, 0.2) is 0 Å². The fraction of sp³-hybridized carbons (Fsp3) is 1.00. The van der Waals surface area contributed by atoms with E-state index in [-0.39, 0.29) is 0 Å².